The Balaban J connectivity index is 1.49. The zero-order chi connectivity index (χ0) is 17.8. The van der Waals surface area contributed by atoms with Gasteiger partial charge in [0.05, 0.1) is 18.8 Å². The second-order valence-electron chi connectivity index (χ2n) is 6.11. The molecule has 132 valence electrons. The highest BCUT2D eigenvalue weighted by Gasteiger charge is 2.23. The molecule has 1 aliphatic carbocycles. The fourth-order valence-electron chi connectivity index (χ4n) is 2.29. The Morgan fingerprint density at radius 2 is 1.92 bits per heavy atom. The molecule has 8 heteroatoms. The maximum absolute atomic E-state index is 13.0. The molecule has 0 spiro atoms. The number of benzene rings is 1. The van der Waals surface area contributed by atoms with Crippen molar-refractivity contribution < 1.29 is 14.0 Å². The van der Waals surface area contributed by atoms with Crippen molar-refractivity contribution in [3.63, 3.8) is 0 Å². The monoisotopic (exact) mass is 362 g/mol. The van der Waals surface area contributed by atoms with Gasteiger partial charge in [-0.3, -0.25) is 14.5 Å². The normalized spacial score (nSPS) is 13.7. The number of amides is 2. The summed E-state index contributed by atoms with van der Waals surface area (Å²) in [5.41, 5.74) is 1.46. The van der Waals surface area contributed by atoms with Gasteiger partial charge in [0.2, 0.25) is 11.8 Å². The van der Waals surface area contributed by atoms with Gasteiger partial charge in [-0.2, -0.15) is 0 Å². The van der Waals surface area contributed by atoms with E-state index in [1.807, 2.05) is 0 Å². The van der Waals surface area contributed by atoms with E-state index in [-0.39, 0.29) is 30.7 Å². The third kappa shape index (κ3) is 5.33. The van der Waals surface area contributed by atoms with Crippen molar-refractivity contribution in [2.75, 3.05) is 25.5 Å². The Morgan fingerprint density at radius 3 is 2.60 bits per heavy atom. The molecule has 0 aliphatic heterocycles. The minimum Gasteiger partial charge on any atom is -0.352 e. The number of carbonyl (C=O) groups is 2. The first-order valence-corrected chi connectivity index (χ1v) is 8.87. The van der Waals surface area contributed by atoms with Gasteiger partial charge in [-0.25, -0.2) is 9.37 Å². The van der Waals surface area contributed by atoms with E-state index in [0.717, 1.165) is 18.4 Å². The predicted molar refractivity (Wildman–Crippen MR) is 94.8 cm³/mol. The van der Waals surface area contributed by atoms with Gasteiger partial charge < -0.3 is 10.6 Å². The molecule has 0 unspecified atom stereocenters. The van der Waals surface area contributed by atoms with E-state index >= 15 is 0 Å². The lowest BCUT2D eigenvalue weighted by Gasteiger charge is -2.15. The van der Waals surface area contributed by atoms with Crippen molar-refractivity contribution in [1.82, 2.24) is 15.2 Å². The van der Waals surface area contributed by atoms with Gasteiger partial charge in [-0.1, -0.05) is 0 Å². The Morgan fingerprint density at radius 1 is 1.24 bits per heavy atom. The van der Waals surface area contributed by atoms with Gasteiger partial charge in [-0.15, -0.1) is 11.3 Å². The molecular weight excluding hydrogens is 343 g/mol. The third-order valence-corrected chi connectivity index (χ3v) is 4.42. The molecule has 0 saturated heterocycles. The van der Waals surface area contributed by atoms with E-state index in [1.165, 1.54) is 23.5 Å². The van der Waals surface area contributed by atoms with E-state index in [4.69, 9.17) is 0 Å². The van der Waals surface area contributed by atoms with Crippen LogP contribution in [0.2, 0.25) is 0 Å². The number of rotatable bonds is 7. The molecule has 3 rings (SSSR count). The Labute approximate surface area is 149 Å². The highest BCUT2D eigenvalue weighted by molar-refractivity contribution is 7.14. The summed E-state index contributed by atoms with van der Waals surface area (Å²) in [5, 5.41) is 7.88. The highest BCUT2D eigenvalue weighted by atomic mass is 32.1. The molecule has 2 N–H and O–H groups in total. The van der Waals surface area contributed by atoms with Crippen LogP contribution in [-0.2, 0) is 9.59 Å². The predicted octanol–water partition coefficient (Wildman–Crippen LogP) is 2.10. The Hall–Kier alpha value is -2.32. The van der Waals surface area contributed by atoms with E-state index in [0.29, 0.717) is 16.9 Å². The van der Waals surface area contributed by atoms with E-state index in [1.54, 1.807) is 29.5 Å². The molecule has 0 atom stereocenters. The minimum atomic E-state index is -0.304. The number of anilines is 1. The first-order valence-electron chi connectivity index (χ1n) is 7.99. The number of carbonyl (C=O) groups excluding carboxylic acids is 2. The minimum absolute atomic E-state index is 0.0642. The van der Waals surface area contributed by atoms with Gasteiger partial charge in [-0.05, 0) is 44.2 Å². The summed E-state index contributed by atoms with van der Waals surface area (Å²) in [5.74, 6) is -0.603. The van der Waals surface area contributed by atoms with Crippen molar-refractivity contribution in [1.29, 1.82) is 0 Å². The number of halogens is 1. The number of thiazole rings is 1. The molecule has 2 aromatic rings. The van der Waals surface area contributed by atoms with Crippen LogP contribution in [0.15, 0.2) is 29.6 Å². The van der Waals surface area contributed by atoms with E-state index < -0.39 is 0 Å². The fourth-order valence-corrected chi connectivity index (χ4v) is 3.03. The van der Waals surface area contributed by atoms with Crippen LogP contribution in [0.3, 0.4) is 0 Å². The first kappa shape index (κ1) is 17.5. The van der Waals surface area contributed by atoms with Gasteiger partial charge in [0, 0.05) is 17.0 Å². The number of hydrogen-bond acceptors (Lipinski definition) is 5. The van der Waals surface area contributed by atoms with Gasteiger partial charge in [0.25, 0.3) is 0 Å². The van der Waals surface area contributed by atoms with Crippen molar-refractivity contribution in [2.24, 2.45) is 0 Å². The lowest BCUT2D eigenvalue weighted by molar-refractivity contribution is -0.123. The molecule has 25 heavy (non-hydrogen) atoms. The average Bonchev–Trinajstić information content (AvgIpc) is 3.23. The molecule has 1 heterocycles. The second-order valence-corrected chi connectivity index (χ2v) is 6.97. The zero-order valence-corrected chi connectivity index (χ0v) is 14.6. The van der Waals surface area contributed by atoms with Gasteiger partial charge in [0.15, 0.2) is 5.13 Å². The molecule has 1 aromatic carbocycles. The second kappa shape index (κ2) is 7.71. The maximum Gasteiger partial charge on any atom is 0.240 e. The molecule has 0 radical (unpaired) electrons. The van der Waals surface area contributed by atoms with Crippen molar-refractivity contribution in [3.8, 4) is 11.3 Å². The number of nitrogens with zero attached hydrogens (tertiary/aromatic N) is 2. The lowest BCUT2D eigenvalue weighted by Crippen LogP contribution is -2.39. The largest absolute Gasteiger partial charge is 0.352 e. The van der Waals surface area contributed by atoms with Crippen LogP contribution in [0.1, 0.15) is 12.8 Å². The summed E-state index contributed by atoms with van der Waals surface area (Å²) in [6.07, 6.45) is 2.08. The molecule has 1 saturated carbocycles. The van der Waals surface area contributed by atoms with Crippen molar-refractivity contribution >= 4 is 28.3 Å². The molecule has 0 bridgehead atoms. The molecular formula is C17H19FN4O2S. The number of hydrogen-bond donors (Lipinski definition) is 2. The lowest BCUT2D eigenvalue weighted by atomic mass is 10.2. The number of likely N-dealkylation sites (N-methyl/N-ethyl adjacent to an activating group) is 1. The fraction of sp³-hybridized carbons (Fsp3) is 0.353. The van der Waals surface area contributed by atoms with Crippen LogP contribution in [0, 0.1) is 5.82 Å². The molecule has 6 nitrogen and oxygen atoms in total. The number of nitrogens with one attached hydrogen (secondary N) is 2. The van der Waals surface area contributed by atoms with Crippen molar-refractivity contribution in [3.05, 3.63) is 35.5 Å². The summed E-state index contributed by atoms with van der Waals surface area (Å²) in [6.45, 7) is 0.284. The summed E-state index contributed by atoms with van der Waals surface area (Å²) in [6, 6.07) is 6.34. The number of aromatic nitrogens is 1. The zero-order valence-electron chi connectivity index (χ0n) is 13.8. The average molecular weight is 362 g/mol. The molecule has 1 aromatic heterocycles. The topological polar surface area (TPSA) is 74.3 Å². The summed E-state index contributed by atoms with van der Waals surface area (Å²) in [7, 11) is 1.72. The van der Waals surface area contributed by atoms with Gasteiger partial charge >= 0.3 is 0 Å². The molecule has 1 fully saturated rings. The maximum atomic E-state index is 13.0. The van der Waals surface area contributed by atoms with Gasteiger partial charge in [0.1, 0.15) is 5.82 Å². The van der Waals surface area contributed by atoms with E-state index in [2.05, 4.69) is 15.6 Å². The van der Waals surface area contributed by atoms with Crippen LogP contribution < -0.4 is 10.6 Å². The van der Waals surface area contributed by atoms with Crippen LogP contribution in [0.25, 0.3) is 11.3 Å². The van der Waals surface area contributed by atoms with Crippen molar-refractivity contribution in [2.45, 2.75) is 18.9 Å². The Kier molecular flexibility index (Phi) is 5.40. The third-order valence-electron chi connectivity index (χ3n) is 3.66. The summed E-state index contributed by atoms with van der Waals surface area (Å²) >= 11 is 1.30. The van der Waals surface area contributed by atoms with Crippen LogP contribution in [0.4, 0.5) is 9.52 Å². The van der Waals surface area contributed by atoms with Crippen LogP contribution in [0.5, 0.6) is 0 Å². The Bertz CT molecular complexity index is 758. The highest BCUT2D eigenvalue weighted by Crippen LogP contribution is 2.25. The molecule has 2 amide bonds. The molecule has 1 aliphatic rings. The standard InChI is InChI=1S/C17H19FN4O2S/c1-22(8-15(23)19-13-6-7-13)9-16(24)21-17-20-14(10-25-17)11-2-4-12(18)5-3-11/h2-5,10,13H,6-9H2,1H3,(H,19,23)(H,20,21,24). The van der Waals surface area contributed by atoms with E-state index in [9.17, 15) is 14.0 Å². The van der Waals surface area contributed by atoms with Crippen LogP contribution in [-0.4, -0.2) is 47.9 Å². The quantitative estimate of drug-likeness (QED) is 0.791. The summed E-state index contributed by atoms with van der Waals surface area (Å²) < 4.78 is 13.0. The smallest absolute Gasteiger partial charge is 0.240 e. The first-order chi connectivity index (χ1) is 12.0. The summed E-state index contributed by atoms with van der Waals surface area (Å²) in [4.78, 5) is 29.8. The SMILES string of the molecule is CN(CC(=O)Nc1nc(-c2ccc(F)cc2)cs1)CC(=O)NC1CC1. The van der Waals surface area contributed by atoms with Crippen LogP contribution >= 0.6 is 11.3 Å².